The van der Waals surface area contributed by atoms with E-state index in [-0.39, 0.29) is 5.91 Å². The lowest BCUT2D eigenvalue weighted by molar-refractivity contribution is -0.892. The summed E-state index contributed by atoms with van der Waals surface area (Å²) in [7, 11) is 0. The Hall–Kier alpha value is -2.08. The van der Waals surface area contributed by atoms with Gasteiger partial charge in [0.05, 0.1) is 26.2 Å². The summed E-state index contributed by atoms with van der Waals surface area (Å²) < 4.78 is 0. The second-order valence-corrected chi connectivity index (χ2v) is 5.61. The average molecular weight is 305 g/mol. The van der Waals surface area contributed by atoms with Crippen LogP contribution in [0.1, 0.15) is 12.5 Å². The zero-order valence-corrected chi connectivity index (χ0v) is 13.3. The minimum Gasteiger partial charge on any atom is -0.360 e. The van der Waals surface area contributed by atoms with Crippen LogP contribution in [0, 0.1) is 6.92 Å². The van der Waals surface area contributed by atoms with Crippen LogP contribution in [-0.4, -0.2) is 51.2 Å². The van der Waals surface area contributed by atoms with Crippen molar-refractivity contribution in [3.8, 4) is 0 Å². The Kier molecular flexibility index (Phi) is 5.77. The number of nitrogens with one attached hydrogen (secondary N) is 3. The fourth-order valence-corrected chi connectivity index (χ4v) is 2.76. The largest absolute Gasteiger partial charge is 0.360 e. The molecule has 1 aliphatic rings. The van der Waals surface area contributed by atoms with E-state index in [1.165, 1.54) is 16.2 Å². The molecule has 120 valence electrons. The van der Waals surface area contributed by atoms with E-state index in [0.717, 1.165) is 26.2 Å². The molecule has 3 N–H and O–H groups in total. The molecule has 6 heteroatoms. The van der Waals surface area contributed by atoms with Crippen LogP contribution >= 0.6 is 0 Å². The molecule has 1 aromatic carbocycles. The number of para-hydroxylation sites is 1. The van der Waals surface area contributed by atoms with Gasteiger partial charge < -0.3 is 15.1 Å². The van der Waals surface area contributed by atoms with E-state index >= 15 is 0 Å². The van der Waals surface area contributed by atoms with Crippen LogP contribution < -0.4 is 20.4 Å². The van der Waals surface area contributed by atoms with Crippen molar-refractivity contribution in [2.24, 2.45) is 0 Å². The van der Waals surface area contributed by atoms with Gasteiger partial charge in [0.2, 0.25) is 0 Å². The van der Waals surface area contributed by atoms with Crippen LogP contribution in [0.25, 0.3) is 0 Å². The van der Waals surface area contributed by atoms with Crippen molar-refractivity contribution in [2.45, 2.75) is 13.8 Å². The minimum absolute atomic E-state index is 0.217. The topological polar surface area (TPSA) is 65.9 Å². The third-order valence-electron chi connectivity index (χ3n) is 3.93. The molecule has 0 unspecified atom stereocenters. The SMILES string of the molecule is CCNC(=O)NC(=O)C[NH+]1CCN(c2ccccc2C)CC1. The molecule has 0 aliphatic carbocycles. The van der Waals surface area contributed by atoms with E-state index in [1.54, 1.807) is 0 Å². The number of piperazine rings is 1. The number of imide groups is 1. The van der Waals surface area contributed by atoms with Gasteiger partial charge in [-0.15, -0.1) is 0 Å². The quantitative estimate of drug-likeness (QED) is 0.706. The zero-order chi connectivity index (χ0) is 15.9. The summed E-state index contributed by atoms with van der Waals surface area (Å²) >= 11 is 0. The highest BCUT2D eigenvalue weighted by atomic mass is 16.2. The second-order valence-electron chi connectivity index (χ2n) is 5.61. The molecule has 0 spiro atoms. The van der Waals surface area contributed by atoms with Gasteiger partial charge in [0.25, 0.3) is 5.91 Å². The Balaban J connectivity index is 1.79. The van der Waals surface area contributed by atoms with E-state index in [9.17, 15) is 9.59 Å². The monoisotopic (exact) mass is 305 g/mol. The third-order valence-corrected chi connectivity index (χ3v) is 3.93. The predicted molar refractivity (Wildman–Crippen MR) is 86.2 cm³/mol. The summed E-state index contributed by atoms with van der Waals surface area (Å²) in [4.78, 5) is 26.7. The van der Waals surface area contributed by atoms with Gasteiger partial charge in [-0.3, -0.25) is 10.1 Å². The summed E-state index contributed by atoms with van der Waals surface area (Å²) in [6.07, 6.45) is 0. The lowest BCUT2D eigenvalue weighted by atomic mass is 10.1. The van der Waals surface area contributed by atoms with Crippen LogP contribution in [0.3, 0.4) is 0 Å². The first-order valence-corrected chi connectivity index (χ1v) is 7.82. The van der Waals surface area contributed by atoms with Crippen molar-refractivity contribution < 1.29 is 14.5 Å². The summed E-state index contributed by atoms with van der Waals surface area (Å²) in [5.74, 6) is -0.217. The number of urea groups is 1. The standard InChI is InChI=1S/C16H24N4O2/c1-3-17-16(22)18-15(21)12-19-8-10-20(11-9-19)14-7-5-4-6-13(14)2/h4-7H,3,8-12H2,1-2H3,(H2,17,18,21,22)/p+1. The highest BCUT2D eigenvalue weighted by Gasteiger charge is 2.23. The Morgan fingerprint density at radius 1 is 1.23 bits per heavy atom. The minimum atomic E-state index is -0.412. The highest BCUT2D eigenvalue weighted by molar-refractivity contribution is 5.94. The van der Waals surface area contributed by atoms with E-state index in [0.29, 0.717) is 13.1 Å². The van der Waals surface area contributed by atoms with Gasteiger partial charge in [-0.05, 0) is 25.5 Å². The van der Waals surface area contributed by atoms with Crippen molar-refractivity contribution >= 4 is 17.6 Å². The number of carbonyl (C=O) groups excluding carboxylic acids is 2. The van der Waals surface area contributed by atoms with Crippen molar-refractivity contribution in [1.82, 2.24) is 10.6 Å². The summed E-state index contributed by atoms with van der Waals surface area (Å²) in [5, 5.41) is 4.92. The predicted octanol–water partition coefficient (Wildman–Crippen LogP) is -0.454. The van der Waals surface area contributed by atoms with E-state index < -0.39 is 6.03 Å². The van der Waals surface area contributed by atoms with E-state index in [1.807, 2.05) is 13.0 Å². The van der Waals surface area contributed by atoms with Crippen LogP contribution in [0.5, 0.6) is 0 Å². The number of nitrogens with zero attached hydrogens (tertiary/aromatic N) is 1. The number of anilines is 1. The molecule has 0 atom stereocenters. The molecule has 1 fully saturated rings. The van der Waals surface area contributed by atoms with E-state index in [4.69, 9.17) is 0 Å². The van der Waals surface area contributed by atoms with Crippen molar-refractivity contribution in [1.29, 1.82) is 0 Å². The zero-order valence-electron chi connectivity index (χ0n) is 13.3. The van der Waals surface area contributed by atoms with Crippen molar-refractivity contribution in [2.75, 3.05) is 44.2 Å². The fourth-order valence-electron chi connectivity index (χ4n) is 2.76. The number of hydrogen-bond donors (Lipinski definition) is 3. The maximum absolute atomic E-state index is 11.8. The number of quaternary nitrogens is 1. The molecule has 1 aromatic rings. The molecule has 0 bridgehead atoms. The maximum Gasteiger partial charge on any atom is 0.321 e. The van der Waals surface area contributed by atoms with Gasteiger partial charge in [0, 0.05) is 12.2 Å². The van der Waals surface area contributed by atoms with Gasteiger partial charge in [-0.25, -0.2) is 4.79 Å². The molecule has 0 saturated carbocycles. The van der Waals surface area contributed by atoms with Crippen LogP contribution in [0.4, 0.5) is 10.5 Å². The van der Waals surface area contributed by atoms with Gasteiger partial charge in [0.1, 0.15) is 0 Å². The first-order chi connectivity index (χ1) is 10.6. The molecular weight excluding hydrogens is 280 g/mol. The third kappa shape index (κ3) is 4.46. The summed E-state index contributed by atoms with van der Waals surface area (Å²) in [6, 6.07) is 7.95. The van der Waals surface area contributed by atoms with Gasteiger partial charge >= 0.3 is 6.03 Å². The molecular formula is C16H25N4O2+. The number of amides is 3. The van der Waals surface area contributed by atoms with Crippen molar-refractivity contribution in [3.63, 3.8) is 0 Å². The smallest absolute Gasteiger partial charge is 0.321 e. The highest BCUT2D eigenvalue weighted by Crippen LogP contribution is 2.18. The number of rotatable bonds is 4. The average Bonchev–Trinajstić information content (AvgIpc) is 2.49. The van der Waals surface area contributed by atoms with Gasteiger partial charge in [-0.2, -0.15) is 0 Å². The first kappa shape index (κ1) is 16.3. The van der Waals surface area contributed by atoms with Crippen LogP contribution in [0.15, 0.2) is 24.3 Å². The van der Waals surface area contributed by atoms with Crippen molar-refractivity contribution in [3.05, 3.63) is 29.8 Å². The maximum atomic E-state index is 11.8. The van der Waals surface area contributed by atoms with Crippen LogP contribution in [-0.2, 0) is 4.79 Å². The number of benzene rings is 1. The Labute approximate surface area is 131 Å². The van der Waals surface area contributed by atoms with E-state index in [2.05, 4.69) is 40.7 Å². The Morgan fingerprint density at radius 2 is 1.91 bits per heavy atom. The number of hydrogen-bond acceptors (Lipinski definition) is 3. The van der Waals surface area contributed by atoms with Gasteiger partial charge in [-0.1, -0.05) is 18.2 Å². The molecule has 0 aromatic heterocycles. The lowest BCUT2D eigenvalue weighted by Gasteiger charge is -2.34. The molecule has 0 radical (unpaired) electrons. The molecule has 1 aliphatic heterocycles. The van der Waals surface area contributed by atoms with Crippen LogP contribution in [0.2, 0.25) is 0 Å². The molecule has 3 amide bonds. The number of carbonyl (C=O) groups is 2. The molecule has 1 heterocycles. The molecule has 22 heavy (non-hydrogen) atoms. The molecule has 2 rings (SSSR count). The Morgan fingerprint density at radius 3 is 2.55 bits per heavy atom. The molecule has 6 nitrogen and oxygen atoms in total. The van der Waals surface area contributed by atoms with Gasteiger partial charge in [0.15, 0.2) is 6.54 Å². The normalized spacial score (nSPS) is 15.5. The first-order valence-electron chi connectivity index (χ1n) is 7.82. The molecule has 1 saturated heterocycles. The Bertz CT molecular complexity index is 525. The number of aryl methyl sites for hydroxylation is 1. The summed E-state index contributed by atoms with van der Waals surface area (Å²) in [6.45, 7) is 8.45. The lowest BCUT2D eigenvalue weighted by Crippen LogP contribution is -3.16. The summed E-state index contributed by atoms with van der Waals surface area (Å²) in [5.41, 5.74) is 2.55. The fraction of sp³-hybridized carbons (Fsp3) is 0.500. The second kappa shape index (κ2) is 7.79.